The fourth-order valence-corrected chi connectivity index (χ4v) is 1.79. The third kappa shape index (κ3) is 3.65. The van der Waals surface area contributed by atoms with Gasteiger partial charge >= 0.3 is 5.97 Å². The van der Waals surface area contributed by atoms with E-state index in [1.165, 1.54) is 29.2 Å². The predicted octanol–water partition coefficient (Wildman–Crippen LogP) is 1.46. The molecule has 2 N–H and O–H groups in total. The number of aromatic nitrogens is 2. The van der Waals surface area contributed by atoms with Crippen molar-refractivity contribution in [3.8, 4) is 0 Å². The second-order valence-electron chi connectivity index (χ2n) is 4.54. The molecule has 0 unspecified atom stereocenters. The molecule has 1 amide bonds. The number of carbonyl (C=O) groups is 2. The predicted molar refractivity (Wildman–Crippen MR) is 72.7 cm³/mol. The van der Waals surface area contributed by atoms with E-state index >= 15 is 0 Å². The van der Waals surface area contributed by atoms with Crippen LogP contribution in [-0.2, 0) is 6.54 Å². The Morgan fingerprint density at radius 2 is 2.19 bits per heavy atom. The average Bonchev–Trinajstić information content (AvgIpc) is 2.87. The summed E-state index contributed by atoms with van der Waals surface area (Å²) in [7, 11) is 0. The van der Waals surface area contributed by atoms with E-state index in [0.29, 0.717) is 6.54 Å². The number of carboxylic acids is 1. The largest absolute Gasteiger partial charge is 0.476 e. The molecule has 21 heavy (non-hydrogen) atoms. The van der Waals surface area contributed by atoms with Gasteiger partial charge in [-0.3, -0.25) is 4.79 Å². The van der Waals surface area contributed by atoms with Crippen LogP contribution < -0.4 is 5.32 Å². The van der Waals surface area contributed by atoms with Crippen molar-refractivity contribution in [2.45, 2.75) is 13.5 Å². The molecule has 2 aromatic rings. The Bertz CT molecular complexity index is 682. The number of rotatable bonds is 5. The lowest BCUT2D eigenvalue weighted by atomic mass is 10.1. The molecule has 1 aromatic carbocycles. The van der Waals surface area contributed by atoms with Crippen molar-refractivity contribution in [1.82, 2.24) is 14.9 Å². The first-order chi connectivity index (χ1) is 9.97. The maximum Gasteiger partial charge on any atom is 0.356 e. The number of aryl methyl sites for hydroxylation is 1. The smallest absolute Gasteiger partial charge is 0.356 e. The van der Waals surface area contributed by atoms with Crippen LogP contribution in [0.2, 0.25) is 0 Å². The second kappa shape index (κ2) is 6.17. The van der Waals surface area contributed by atoms with Gasteiger partial charge in [0, 0.05) is 19.3 Å². The number of hydrogen-bond acceptors (Lipinski definition) is 3. The standard InChI is InChI=1S/C14H14FN3O3/c1-9-2-3-10(11(15)6-9)13(19)16-4-5-18-7-12(14(20)21)17-8-18/h2-3,6-8H,4-5H2,1H3,(H,16,19)(H,20,21). The fourth-order valence-electron chi connectivity index (χ4n) is 1.79. The molecule has 7 heteroatoms. The van der Waals surface area contributed by atoms with Crippen molar-refractivity contribution in [2.75, 3.05) is 6.54 Å². The van der Waals surface area contributed by atoms with Gasteiger partial charge < -0.3 is 15.0 Å². The van der Waals surface area contributed by atoms with E-state index in [1.807, 2.05) is 0 Å². The molecule has 0 bridgehead atoms. The van der Waals surface area contributed by atoms with Crippen molar-refractivity contribution < 1.29 is 19.1 Å². The third-order valence-electron chi connectivity index (χ3n) is 2.88. The van der Waals surface area contributed by atoms with Crippen molar-refractivity contribution in [1.29, 1.82) is 0 Å². The van der Waals surface area contributed by atoms with Gasteiger partial charge in [0.15, 0.2) is 5.69 Å². The van der Waals surface area contributed by atoms with Crippen LogP contribution in [0.3, 0.4) is 0 Å². The van der Waals surface area contributed by atoms with E-state index in [0.717, 1.165) is 5.56 Å². The summed E-state index contributed by atoms with van der Waals surface area (Å²) in [4.78, 5) is 26.2. The van der Waals surface area contributed by atoms with E-state index in [9.17, 15) is 14.0 Å². The Hall–Kier alpha value is -2.70. The highest BCUT2D eigenvalue weighted by Gasteiger charge is 2.11. The van der Waals surface area contributed by atoms with Crippen LogP contribution in [0, 0.1) is 12.7 Å². The molecule has 0 spiro atoms. The Morgan fingerprint density at radius 1 is 1.43 bits per heavy atom. The first-order valence-corrected chi connectivity index (χ1v) is 6.27. The zero-order valence-electron chi connectivity index (χ0n) is 11.3. The highest BCUT2D eigenvalue weighted by molar-refractivity contribution is 5.94. The van der Waals surface area contributed by atoms with Crippen LogP contribution in [-0.4, -0.2) is 33.1 Å². The molecule has 0 atom stereocenters. The van der Waals surface area contributed by atoms with E-state index in [4.69, 9.17) is 5.11 Å². The second-order valence-corrected chi connectivity index (χ2v) is 4.54. The number of nitrogens with zero attached hydrogens (tertiary/aromatic N) is 2. The first kappa shape index (κ1) is 14.7. The Morgan fingerprint density at radius 3 is 2.81 bits per heavy atom. The molecular formula is C14H14FN3O3. The molecule has 0 saturated carbocycles. The van der Waals surface area contributed by atoms with E-state index in [2.05, 4.69) is 10.3 Å². The number of amides is 1. The van der Waals surface area contributed by atoms with Crippen LogP contribution >= 0.6 is 0 Å². The molecule has 0 aliphatic carbocycles. The van der Waals surface area contributed by atoms with Gasteiger partial charge in [0.2, 0.25) is 0 Å². The molecule has 0 aliphatic rings. The summed E-state index contributed by atoms with van der Waals surface area (Å²) in [5.41, 5.74) is 0.659. The quantitative estimate of drug-likeness (QED) is 0.873. The van der Waals surface area contributed by atoms with Gasteiger partial charge in [-0.15, -0.1) is 0 Å². The SMILES string of the molecule is Cc1ccc(C(=O)NCCn2cnc(C(=O)O)c2)c(F)c1. The minimum atomic E-state index is -1.11. The van der Waals surface area contributed by atoms with Gasteiger partial charge in [-0.25, -0.2) is 14.2 Å². The molecule has 1 aromatic heterocycles. The molecular weight excluding hydrogens is 277 g/mol. The monoisotopic (exact) mass is 291 g/mol. The zero-order chi connectivity index (χ0) is 15.4. The van der Waals surface area contributed by atoms with Gasteiger partial charge in [-0.05, 0) is 24.6 Å². The summed E-state index contributed by atoms with van der Waals surface area (Å²) in [5, 5.41) is 11.3. The third-order valence-corrected chi connectivity index (χ3v) is 2.88. The van der Waals surface area contributed by atoms with Crippen LogP contribution in [0.4, 0.5) is 4.39 Å². The molecule has 0 aliphatic heterocycles. The zero-order valence-corrected chi connectivity index (χ0v) is 11.3. The summed E-state index contributed by atoms with van der Waals surface area (Å²) < 4.78 is 15.1. The highest BCUT2D eigenvalue weighted by Crippen LogP contribution is 2.09. The summed E-state index contributed by atoms with van der Waals surface area (Å²) in [6.45, 7) is 2.32. The fraction of sp³-hybridized carbons (Fsp3) is 0.214. The molecule has 110 valence electrons. The highest BCUT2D eigenvalue weighted by atomic mass is 19.1. The van der Waals surface area contributed by atoms with Crippen molar-refractivity contribution in [3.63, 3.8) is 0 Å². The van der Waals surface area contributed by atoms with Gasteiger partial charge in [0.25, 0.3) is 5.91 Å². The number of aromatic carboxylic acids is 1. The molecule has 1 heterocycles. The molecule has 0 fully saturated rings. The summed E-state index contributed by atoms with van der Waals surface area (Å²) in [5.74, 6) is -2.19. The molecule has 0 saturated heterocycles. The van der Waals surface area contributed by atoms with Gasteiger partial charge in [0.1, 0.15) is 5.82 Å². The topological polar surface area (TPSA) is 84.2 Å². The van der Waals surface area contributed by atoms with E-state index in [-0.39, 0.29) is 17.8 Å². The number of nitrogens with one attached hydrogen (secondary N) is 1. The summed E-state index contributed by atoms with van der Waals surface area (Å²) >= 11 is 0. The molecule has 0 radical (unpaired) electrons. The first-order valence-electron chi connectivity index (χ1n) is 6.27. The van der Waals surface area contributed by atoms with Gasteiger partial charge in [-0.1, -0.05) is 6.07 Å². The van der Waals surface area contributed by atoms with Crippen LogP contribution in [0.5, 0.6) is 0 Å². The minimum absolute atomic E-state index is 0.0162. The number of hydrogen-bond donors (Lipinski definition) is 2. The summed E-state index contributed by atoms with van der Waals surface area (Å²) in [6.07, 6.45) is 2.73. The van der Waals surface area contributed by atoms with Crippen molar-refractivity contribution in [2.24, 2.45) is 0 Å². The Labute approximate surface area is 120 Å². The number of halogens is 1. The van der Waals surface area contributed by atoms with E-state index in [1.54, 1.807) is 13.0 Å². The van der Waals surface area contributed by atoms with Crippen molar-refractivity contribution >= 4 is 11.9 Å². The molecule has 2 rings (SSSR count). The van der Waals surface area contributed by atoms with Gasteiger partial charge in [0.05, 0.1) is 11.9 Å². The Kier molecular flexibility index (Phi) is 4.32. The number of carboxylic acid groups (broad SMARTS) is 1. The average molecular weight is 291 g/mol. The van der Waals surface area contributed by atoms with Crippen molar-refractivity contribution in [3.05, 3.63) is 53.4 Å². The maximum absolute atomic E-state index is 13.6. The van der Waals surface area contributed by atoms with E-state index < -0.39 is 17.7 Å². The van der Waals surface area contributed by atoms with Crippen LogP contribution in [0.25, 0.3) is 0 Å². The van der Waals surface area contributed by atoms with Crippen LogP contribution in [0.1, 0.15) is 26.4 Å². The number of imidazole rings is 1. The van der Waals surface area contributed by atoms with Crippen LogP contribution in [0.15, 0.2) is 30.7 Å². The maximum atomic E-state index is 13.6. The lowest BCUT2D eigenvalue weighted by Crippen LogP contribution is -2.27. The lowest BCUT2D eigenvalue weighted by molar-refractivity contribution is 0.0690. The number of carbonyl (C=O) groups excluding carboxylic acids is 1. The molecule has 6 nitrogen and oxygen atoms in total. The normalized spacial score (nSPS) is 10.4. The lowest BCUT2D eigenvalue weighted by Gasteiger charge is -2.07. The minimum Gasteiger partial charge on any atom is -0.476 e. The Balaban J connectivity index is 1.90. The van der Waals surface area contributed by atoms with Gasteiger partial charge in [-0.2, -0.15) is 0 Å². The summed E-state index contributed by atoms with van der Waals surface area (Å²) in [6, 6.07) is 4.39. The number of benzene rings is 1.